The molecule has 0 aliphatic rings. The maximum absolute atomic E-state index is 12.8. The van der Waals surface area contributed by atoms with Gasteiger partial charge in [-0.15, -0.1) is 10.2 Å². The van der Waals surface area contributed by atoms with Crippen molar-refractivity contribution in [3.05, 3.63) is 40.4 Å². The Kier molecular flexibility index (Phi) is 7.74. The minimum atomic E-state index is -0.606. The van der Waals surface area contributed by atoms with Crippen LogP contribution in [0.3, 0.4) is 0 Å². The van der Waals surface area contributed by atoms with Crippen molar-refractivity contribution < 1.29 is 24.1 Å². The van der Waals surface area contributed by atoms with Crippen molar-refractivity contribution in [3.8, 4) is 23.1 Å². The summed E-state index contributed by atoms with van der Waals surface area (Å²) in [5, 5.41) is 19.5. The lowest BCUT2D eigenvalue weighted by Crippen LogP contribution is -2.00. The third-order valence-electron chi connectivity index (χ3n) is 5.11. The van der Waals surface area contributed by atoms with Gasteiger partial charge in [0.15, 0.2) is 17.2 Å². The second-order valence-corrected chi connectivity index (χ2v) is 8.03. The number of amides is 1. The molecule has 1 aromatic heterocycles. The smallest absolute Gasteiger partial charge is 0.295 e. The third kappa shape index (κ3) is 4.72. The average molecular weight is 504 g/mol. The molecule has 8 nitrogen and oxygen atoms in total. The first kappa shape index (κ1) is 23.6. The van der Waals surface area contributed by atoms with Crippen molar-refractivity contribution in [2.75, 3.05) is 21.3 Å². The molecule has 1 heterocycles. The van der Waals surface area contributed by atoms with Gasteiger partial charge in [0.25, 0.3) is 5.91 Å². The number of rotatable bonds is 9. The van der Waals surface area contributed by atoms with Gasteiger partial charge < -0.3 is 23.9 Å². The highest BCUT2D eigenvalue weighted by atomic mass is 79.9. The summed E-state index contributed by atoms with van der Waals surface area (Å²) in [6.07, 6.45) is 3.04. The van der Waals surface area contributed by atoms with Crippen molar-refractivity contribution in [1.82, 2.24) is 4.57 Å². The van der Waals surface area contributed by atoms with Gasteiger partial charge in [0.05, 0.1) is 32.4 Å². The van der Waals surface area contributed by atoms with Crippen LogP contribution < -0.4 is 14.2 Å². The second kappa shape index (κ2) is 10.5. The average Bonchev–Trinajstić information content (AvgIpc) is 3.06. The topological polar surface area (TPSA) is 94.6 Å². The molecule has 3 aromatic rings. The number of carbonyl (C=O) groups is 1. The van der Waals surface area contributed by atoms with Crippen molar-refractivity contribution in [2.45, 2.75) is 32.7 Å². The molecule has 0 saturated carbocycles. The van der Waals surface area contributed by atoms with Gasteiger partial charge in [-0.1, -0.05) is 35.7 Å². The van der Waals surface area contributed by atoms with E-state index < -0.39 is 5.91 Å². The SMILES string of the molecule is CCCCCn1c(O)c(N=NC(=O)c2cc(OC)c(OC)c(OC)c2)c2cc(Br)ccc21. The van der Waals surface area contributed by atoms with Crippen LogP contribution in [0.15, 0.2) is 45.0 Å². The van der Waals surface area contributed by atoms with E-state index in [1.807, 2.05) is 18.2 Å². The number of unbranched alkanes of at least 4 members (excludes halogenated alkanes) is 2. The molecule has 9 heteroatoms. The van der Waals surface area contributed by atoms with Crippen LogP contribution in [-0.4, -0.2) is 36.9 Å². The highest BCUT2D eigenvalue weighted by Gasteiger charge is 2.19. The number of benzene rings is 2. The molecule has 0 radical (unpaired) electrons. The largest absolute Gasteiger partial charge is 0.493 e. The van der Waals surface area contributed by atoms with Crippen LogP contribution in [0.2, 0.25) is 0 Å². The molecule has 0 fully saturated rings. The predicted molar refractivity (Wildman–Crippen MR) is 126 cm³/mol. The number of halogens is 1. The Hall–Kier alpha value is -3.07. The first-order chi connectivity index (χ1) is 15.4. The molecule has 170 valence electrons. The molecule has 1 amide bonds. The Morgan fingerprint density at radius 3 is 2.34 bits per heavy atom. The number of hydrogen-bond acceptors (Lipinski definition) is 6. The summed E-state index contributed by atoms with van der Waals surface area (Å²) in [6, 6.07) is 8.68. The molecule has 0 aliphatic carbocycles. The molecule has 0 unspecified atom stereocenters. The summed E-state index contributed by atoms with van der Waals surface area (Å²) in [7, 11) is 4.42. The normalized spacial score (nSPS) is 11.3. The number of nitrogens with zero attached hydrogens (tertiary/aromatic N) is 3. The zero-order valence-electron chi connectivity index (χ0n) is 18.5. The van der Waals surface area contributed by atoms with E-state index in [4.69, 9.17) is 14.2 Å². The maximum atomic E-state index is 12.8. The van der Waals surface area contributed by atoms with E-state index >= 15 is 0 Å². The highest BCUT2D eigenvalue weighted by Crippen LogP contribution is 2.41. The van der Waals surface area contributed by atoms with E-state index in [-0.39, 0.29) is 17.1 Å². The van der Waals surface area contributed by atoms with Crippen molar-refractivity contribution >= 4 is 38.4 Å². The Labute approximate surface area is 194 Å². The van der Waals surface area contributed by atoms with E-state index in [9.17, 15) is 9.90 Å². The molecule has 32 heavy (non-hydrogen) atoms. The lowest BCUT2D eigenvalue weighted by Gasteiger charge is -2.12. The molecule has 0 saturated heterocycles. The van der Waals surface area contributed by atoms with Crippen LogP contribution in [0.5, 0.6) is 23.1 Å². The van der Waals surface area contributed by atoms with Crippen LogP contribution >= 0.6 is 15.9 Å². The molecule has 1 N–H and O–H groups in total. The molecule has 0 atom stereocenters. The summed E-state index contributed by atoms with van der Waals surface area (Å²) < 4.78 is 18.5. The maximum Gasteiger partial charge on any atom is 0.295 e. The number of methoxy groups -OCH3 is 3. The van der Waals surface area contributed by atoms with Crippen LogP contribution in [0.25, 0.3) is 10.9 Å². The third-order valence-corrected chi connectivity index (χ3v) is 5.60. The monoisotopic (exact) mass is 503 g/mol. The summed E-state index contributed by atoms with van der Waals surface area (Å²) in [5.74, 6) is 0.428. The van der Waals surface area contributed by atoms with Crippen LogP contribution in [0, 0.1) is 0 Å². The number of aromatic nitrogens is 1. The Morgan fingerprint density at radius 1 is 1.06 bits per heavy atom. The molecule has 0 bridgehead atoms. The number of fused-ring (bicyclic) bond motifs is 1. The van der Waals surface area contributed by atoms with Crippen molar-refractivity contribution in [3.63, 3.8) is 0 Å². The molecule has 3 rings (SSSR count). The van der Waals surface area contributed by atoms with E-state index in [2.05, 4.69) is 33.1 Å². The zero-order chi connectivity index (χ0) is 23.3. The summed E-state index contributed by atoms with van der Waals surface area (Å²) in [5.41, 5.74) is 1.30. The summed E-state index contributed by atoms with van der Waals surface area (Å²) in [4.78, 5) is 12.8. The molecular weight excluding hydrogens is 478 g/mol. The Morgan fingerprint density at radius 2 is 1.75 bits per heavy atom. The zero-order valence-corrected chi connectivity index (χ0v) is 20.1. The van der Waals surface area contributed by atoms with Gasteiger partial charge in [0.2, 0.25) is 11.6 Å². The van der Waals surface area contributed by atoms with E-state index in [0.717, 1.165) is 29.3 Å². The Bertz CT molecular complexity index is 1130. The van der Waals surface area contributed by atoms with Gasteiger partial charge in [0.1, 0.15) is 0 Å². The summed E-state index contributed by atoms with van der Waals surface area (Å²) >= 11 is 3.46. The van der Waals surface area contributed by atoms with E-state index in [0.29, 0.717) is 29.2 Å². The minimum Gasteiger partial charge on any atom is -0.493 e. The number of carbonyl (C=O) groups excluding carboxylic acids is 1. The van der Waals surface area contributed by atoms with Crippen LogP contribution in [0.1, 0.15) is 36.5 Å². The van der Waals surface area contributed by atoms with Gasteiger partial charge in [-0.25, -0.2) is 0 Å². The lowest BCUT2D eigenvalue weighted by molar-refractivity contribution is 0.0994. The van der Waals surface area contributed by atoms with Gasteiger partial charge in [0, 0.05) is 16.4 Å². The first-order valence-corrected chi connectivity index (χ1v) is 11.0. The fourth-order valence-corrected chi connectivity index (χ4v) is 3.86. The fourth-order valence-electron chi connectivity index (χ4n) is 3.50. The van der Waals surface area contributed by atoms with Crippen LogP contribution in [-0.2, 0) is 6.54 Å². The molecule has 0 spiro atoms. The van der Waals surface area contributed by atoms with E-state index in [1.165, 1.54) is 33.5 Å². The van der Waals surface area contributed by atoms with Gasteiger partial charge in [-0.05, 0) is 36.8 Å². The van der Waals surface area contributed by atoms with Gasteiger partial charge >= 0.3 is 0 Å². The standard InChI is InChI=1S/C23H26BrN3O5/c1-5-6-7-10-27-17-9-8-15(24)13-16(17)20(23(27)29)25-26-22(28)14-11-18(30-2)21(32-4)19(12-14)31-3/h8-9,11-13,29H,5-7,10H2,1-4H3. The number of hydrogen-bond donors (Lipinski definition) is 1. The molecular formula is C23H26BrN3O5. The first-order valence-electron chi connectivity index (χ1n) is 10.2. The molecule has 2 aromatic carbocycles. The predicted octanol–water partition coefficient (Wildman–Crippen LogP) is 6.25. The second-order valence-electron chi connectivity index (χ2n) is 7.11. The fraction of sp³-hybridized carbons (Fsp3) is 0.348. The number of aryl methyl sites for hydroxylation is 1. The molecule has 0 aliphatic heterocycles. The quantitative estimate of drug-likeness (QED) is 0.275. The van der Waals surface area contributed by atoms with Gasteiger partial charge in [-0.3, -0.25) is 4.79 Å². The van der Waals surface area contributed by atoms with Crippen molar-refractivity contribution in [2.24, 2.45) is 10.2 Å². The summed E-state index contributed by atoms with van der Waals surface area (Å²) in [6.45, 7) is 2.77. The number of ether oxygens (including phenoxy) is 3. The minimum absolute atomic E-state index is 0.0179. The number of azo groups is 1. The Balaban J connectivity index is 2.00. The van der Waals surface area contributed by atoms with E-state index in [1.54, 1.807) is 4.57 Å². The van der Waals surface area contributed by atoms with Crippen molar-refractivity contribution in [1.29, 1.82) is 0 Å². The highest BCUT2D eigenvalue weighted by molar-refractivity contribution is 9.10. The van der Waals surface area contributed by atoms with Gasteiger partial charge in [-0.2, -0.15) is 0 Å². The van der Waals surface area contributed by atoms with Crippen LogP contribution in [0.4, 0.5) is 5.69 Å². The number of aromatic hydroxyl groups is 1. The lowest BCUT2D eigenvalue weighted by atomic mass is 10.1.